The highest BCUT2D eigenvalue weighted by atomic mass is 32.1. The number of nitrogens with zero attached hydrogens (tertiary/aromatic N) is 2. The smallest absolute Gasteiger partial charge is 0.142 e. The third-order valence-electron chi connectivity index (χ3n) is 2.67. The van der Waals surface area contributed by atoms with Gasteiger partial charge in [-0.1, -0.05) is 19.9 Å². The van der Waals surface area contributed by atoms with Crippen molar-refractivity contribution < 1.29 is 0 Å². The molecule has 0 atom stereocenters. The maximum absolute atomic E-state index is 4.62. The van der Waals surface area contributed by atoms with Crippen molar-refractivity contribution in [3.63, 3.8) is 0 Å². The van der Waals surface area contributed by atoms with Gasteiger partial charge in [0.25, 0.3) is 0 Å². The lowest BCUT2D eigenvalue weighted by Crippen LogP contribution is -2.21. The summed E-state index contributed by atoms with van der Waals surface area (Å²) in [5.74, 6) is 0. The first-order chi connectivity index (χ1) is 8.56. The predicted octanol–water partition coefficient (Wildman–Crippen LogP) is 3.32. The van der Waals surface area contributed by atoms with Crippen molar-refractivity contribution in [2.24, 2.45) is 0 Å². The topological polar surface area (TPSA) is 37.8 Å². The van der Waals surface area contributed by atoms with Crippen LogP contribution in [0.4, 0.5) is 0 Å². The number of pyridine rings is 1. The maximum Gasteiger partial charge on any atom is 0.142 e. The highest BCUT2D eigenvalue weighted by Gasteiger charge is 2.10. The molecular weight excluding hydrogens is 242 g/mol. The Morgan fingerprint density at radius 3 is 2.67 bits per heavy atom. The Labute approximate surface area is 112 Å². The van der Waals surface area contributed by atoms with E-state index in [4.69, 9.17) is 0 Å². The highest BCUT2D eigenvalue weighted by molar-refractivity contribution is 7.15. The molecule has 0 spiro atoms. The van der Waals surface area contributed by atoms with Crippen LogP contribution >= 0.6 is 11.3 Å². The second kappa shape index (κ2) is 5.59. The van der Waals surface area contributed by atoms with Crippen molar-refractivity contribution in [1.29, 1.82) is 0 Å². The normalized spacial score (nSPS) is 11.2. The first kappa shape index (κ1) is 13.2. The van der Waals surface area contributed by atoms with Gasteiger partial charge in [0.1, 0.15) is 5.01 Å². The summed E-state index contributed by atoms with van der Waals surface area (Å²) in [6, 6.07) is 6.54. The van der Waals surface area contributed by atoms with E-state index in [9.17, 15) is 0 Å². The van der Waals surface area contributed by atoms with Crippen molar-refractivity contribution in [2.45, 2.75) is 40.3 Å². The summed E-state index contributed by atoms with van der Waals surface area (Å²) < 4.78 is 0. The number of hydrogen-bond donors (Lipinski definition) is 1. The van der Waals surface area contributed by atoms with E-state index < -0.39 is 0 Å². The van der Waals surface area contributed by atoms with Crippen molar-refractivity contribution in [1.82, 2.24) is 15.3 Å². The molecule has 0 aliphatic heterocycles. The summed E-state index contributed by atoms with van der Waals surface area (Å²) in [4.78, 5) is 10.4. The van der Waals surface area contributed by atoms with Crippen LogP contribution in [0, 0.1) is 13.8 Å². The fourth-order valence-corrected chi connectivity index (χ4v) is 2.64. The third kappa shape index (κ3) is 3.15. The molecule has 2 rings (SSSR count). The van der Waals surface area contributed by atoms with Crippen LogP contribution in [0.1, 0.15) is 30.1 Å². The van der Waals surface area contributed by atoms with Crippen LogP contribution in [-0.2, 0) is 6.54 Å². The first-order valence-electron chi connectivity index (χ1n) is 6.20. The third-order valence-corrected chi connectivity index (χ3v) is 3.85. The van der Waals surface area contributed by atoms with E-state index in [-0.39, 0.29) is 0 Å². The Bertz CT molecular complexity index is 532. The van der Waals surface area contributed by atoms with E-state index in [0.717, 1.165) is 28.6 Å². The molecule has 0 fully saturated rings. The fourth-order valence-electron chi connectivity index (χ4n) is 1.66. The number of aromatic nitrogens is 2. The molecule has 0 aliphatic rings. The van der Waals surface area contributed by atoms with Crippen molar-refractivity contribution in [3.05, 3.63) is 34.5 Å². The molecule has 2 heterocycles. The Morgan fingerprint density at radius 2 is 2.00 bits per heavy atom. The van der Waals surface area contributed by atoms with Crippen LogP contribution in [0.3, 0.4) is 0 Å². The van der Waals surface area contributed by atoms with E-state index in [1.54, 1.807) is 11.3 Å². The number of rotatable bonds is 4. The monoisotopic (exact) mass is 261 g/mol. The van der Waals surface area contributed by atoms with Gasteiger partial charge < -0.3 is 5.32 Å². The molecule has 0 aliphatic carbocycles. The van der Waals surface area contributed by atoms with Crippen LogP contribution in [0.5, 0.6) is 0 Å². The number of hydrogen-bond acceptors (Lipinski definition) is 4. The SMILES string of the molecule is Cc1cccc(-c2nc(C)c(CNC(C)C)s2)n1. The van der Waals surface area contributed by atoms with E-state index in [1.165, 1.54) is 4.88 Å². The summed E-state index contributed by atoms with van der Waals surface area (Å²) >= 11 is 1.73. The summed E-state index contributed by atoms with van der Waals surface area (Å²) in [7, 11) is 0. The quantitative estimate of drug-likeness (QED) is 0.917. The van der Waals surface area contributed by atoms with Crippen molar-refractivity contribution >= 4 is 11.3 Å². The average Bonchev–Trinajstić information content (AvgIpc) is 2.68. The molecule has 4 heteroatoms. The van der Waals surface area contributed by atoms with Gasteiger partial charge in [-0.25, -0.2) is 4.98 Å². The van der Waals surface area contributed by atoms with Gasteiger partial charge in [-0.3, -0.25) is 4.98 Å². The van der Waals surface area contributed by atoms with Crippen LogP contribution < -0.4 is 5.32 Å². The molecule has 0 unspecified atom stereocenters. The summed E-state index contributed by atoms with van der Waals surface area (Å²) in [6.45, 7) is 9.25. The molecule has 2 aromatic rings. The molecule has 96 valence electrons. The molecule has 0 amide bonds. The molecule has 2 aromatic heterocycles. The van der Waals surface area contributed by atoms with Crippen molar-refractivity contribution in [2.75, 3.05) is 0 Å². The highest BCUT2D eigenvalue weighted by Crippen LogP contribution is 2.26. The van der Waals surface area contributed by atoms with Gasteiger partial charge in [-0.05, 0) is 26.0 Å². The lowest BCUT2D eigenvalue weighted by atomic mass is 10.3. The standard InChI is InChI=1S/C14H19N3S/c1-9(2)15-8-13-11(4)17-14(18-13)12-7-5-6-10(3)16-12/h5-7,9,15H,8H2,1-4H3. The second-order valence-corrected chi connectivity index (χ2v) is 5.81. The molecular formula is C14H19N3S. The molecule has 0 radical (unpaired) electrons. The van der Waals surface area contributed by atoms with Crippen LogP contribution in [0.2, 0.25) is 0 Å². The molecule has 0 aromatic carbocycles. The molecule has 1 N–H and O–H groups in total. The van der Waals surface area contributed by atoms with Gasteiger partial charge in [0.05, 0.1) is 11.4 Å². The molecule has 3 nitrogen and oxygen atoms in total. The summed E-state index contributed by atoms with van der Waals surface area (Å²) in [6.07, 6.45) is 0. The summed E-state index contributed by atoms with van der Waals surface area (Å²) in [5, 5.41) is 4.44. The maximum atomic E-state index is 4.62. The lowest BCUT2D eigenvalue weighted by Gasteiger charge is -2.05. The van der Waals surface area contributed by atoms with Gasteiger partial charge >= 0.3 is 0 Å². The zero-order chi connectivity index (χ0) is 13.1. The van der Waals surface area contributed by atoms with Crippen LogP contribution in [0.25, 0.3) is 10.7 Å². The molecule has 18 heavy (non-hydrogen) atoms. The summed E-state index contributed by atoms with van der Waals surface area (Å²) in [5.41, 5.74) is 3.10. The Hall–Kier alpha value is -1.26. The minimum atomic E-state index is 0.493. The largest absolute Gasteiger partial charge is 0.310 e. The Balaban J connectivity index is 2.23. The van der Waals surface area contributed by atoms with Crippen molar-refractivity contribution in [3.8, 4) is 10.7 Å². The minimum absolute atomic E-state index is 0.493. The molecule has 0 bridgehead atoms. The lowest BCUT2D eigenvalue weighted by molar-refractivity contribution is 0.591. The van der Waals surface area contributed by atoms with E-state index in [2.05, 4.69) is 36.1 Å². The molecule has 0 saturated heterocycles. The van der Waals surface area contributed by atoms with Gasteiger partial charge in [0, 0.05) is 23.2 Å². The van der Waals surface area contributed by atoms with E-state index in [1.807, 2.05) is 25.1 Å². The van der Waals surface area contributed by atoms with Gasteiger partial charge in [-0.15, -0.1) is 11.3 Å². The average molecular weight is 261 g/mol. The second-order valence-electron chi connectivity index (χ2n) is 4.73. The van der Waals surface area contributed by atoms with Gasteiger partial charge in [-0.2, -0.15) is 0 Å². The number of aryl methyl sites for hydroxylation is 2. The van der Waals surface area contributed by atoms with Crippen LogP contribution in [-0.4, -0.2) is 16.0 Å². The van der Waals surface area contributed by atoms with E-state index >= 15 is 0 Å². The van der Waals surface area contributed by atoms with Gasteiger partial charge in [0.2, 0.25) is 0 Å². The Morgan fingerprint density at radius 1 is 1.22 bits per heavy atom. The number of thiazole rings is 1. The zero-order valence-corrected chi connectivity index (χ0v) is 12.1. The van der Waals surface area contributed by atoms with Crippen LogP contribution in [0.15, 0.2) is 18.2 Å². The van der Waals surface area contributed by atoms with E-state index in [0.29, 0.717) is 6.04 Å². The first-order valence-corrected chi connectivity index (χ1v) is 7.01. The molecule has 0 saturated carbocycles. The zero-order valence-electron chi connectivity index (χ0n) is 11.3. The fraction of sp³-hybridized carbons (Fsp3) is 0.429. The number of nitrogens with one attached hydrogen (secondary N) is 1. The van der Waals surface area contributed by atoms with Gasteiger partial charge in [0.15, 0.2) is 0 Å². The minimum Gasteiger partial charge on any atom is -0.310 e. The predicted molar refractivity (Wildman–Crippen MR) is 76.8 cm³/mol. The Kier molecular flexibility index (Phi) is 4.09.